The Morgan fingerprint density at radius 2 is 2.75 bits per heavy atom. The maximum absolute atomic E-state index is 8.13. The van der Waals surface area contributed by atoms with Crippen molar-refractivity contribution < 1.29 is 0 Å². The van der Waals surface area contributed by atoms with E-state index in [0.717, 1.165) is 16.0 Å². The van der Waals surface area contributed by atoms with Crippen LogP contribution in [0.3, 0.4) is 0 Å². The molecule has 0 bridgehead atoms. The van der Waals surface area contributed by atoms with Gasteiger partial charge in [0, 0.05) is 11.8 Å². The van der Waals surface area contributed by atoms with Gasteiger partial charge in [0.25, 0.3) is 0 Å². The zero-order valence-electron chi connectivity index (χ0n) is 3.87. The second kappa shape index (κ2) is 2.70. The van der Waals surface area contributed by atoms with Crippen molar-refractivity contribution in [1.29, 1.82) is 5.26 Å². The van der Waals surface area contributed by atoms with Gasteiger partial charge in [-0.25, -0.2) is 0 Å². The van der Waals surface area contributed by atoms with E-state index in [1.807, 2.05) is 5.40 Å². The van der Waals surface area contributed by atoms with Crippen LogP contribution >= 0.6 is 23.1 Å². The van der Waals surface area contributed by atoms with E-state index in [9.17, 15) is 0 Å². The summed E-state index contributed by atoms with van der Waals surface area (Å²) < 4.78 is 0.951. The van der Waals surface area contributed by atoms with Crippen LogP contribution < -0.4 is 0 Å². The predicted molar refractivity (Wildman–Crippen MR) is 33.6 cm³/mol. The molecule has 0 fully saturated rings. The van der Waals surface area contributed by atoms with Crippen LogP contribution in [0.5, 0.6) is 0 Å². The van der Waals surface area contributed by atoms with Crippen molar-refractivity contribution in [3.63, 3.8) is 0 Å². The van der Waals surface area contributed by atoms with E-state index < -0.39 is 0 Å². The summed E-state index contributed by atoms with van der Waals surface area (Å²) in [6.45, 7) is 0. The van der Waals surface area contributed by atoms with Crippen LogP contribution in [0.15, 0.2) is 15.9 Å². The lowest BCUT2D eigenvalue weighted by atomic mass is 11.0. The molecule has 0 spiro atoms. The molecule has 0 aliphatic carbocycles. The van der Waals surface area contributed by atoms with Gasteiger partial charge in [0.15, 0.2) is 0 Å². The van der Waals surface area contributed by atoms with Crippen molar-refractivity contribution in [2.24, 2.45) is 0 Å². The summed E-state index contributed by atoms with van der Waals surface area (Å²) in [5.41, 5.74) is 1.71. The molecule has 0 saturated heterocycles. The number of thioether (sulfide) groups is 1. The molecule has 8 heavy (non-hydrogen) atoms. The Morgan fingerprint density at radius 3 is 3.25 bits per heavy atom. The fourth-order valence-corrected chi connectivity index (χ4v) is 1.28. The van der Waals surface area contributed by atoms with Crippen molar-refractivity contribution in [2.75, 3.05) is 0 Å². The minimum atomic E-state index is 0.951. The van der Waals surface area contributed by atoms with Crippen LogP contribution in [0.2, 0.25) is 0 Å². The van der Waals surface area contributed by atoms with Gasteiger partial charge in [0.2, 0.25) is 0 Å². The lowest BCUT2D eigenvalue weighted by Gasteiger charge is -1.73. The van der Waals surface area contributed by atoms with E-state index in [0.29, 0.717) is 0 Å². The van der Waals surface area contributed by atoms with Crippen molar-refractivity contribution in [3.8, 4) is 5.40 Å². The van der Waals surface area contributed by atoms with Gasteiger partial charge in [-0.3, -0.25) is 4.98 Å². The molecule has 1 rings (SSSR count). The highest BCUT2D eigenvalue weighted by atomic mass is 32.2. The molecule has 0 amide bonds. The number of nitrogens with zero attached hydrogens (tertiary/aromatic N) is 2. The largest absolute Gasteiger partial charge is 0.252 e. The summed E-state index contributed by atoms with van der Waals surface area (Å²) in [6.07, 6.45) is 1.68. The molecule has 0 N–H and O–H groups in total. The molecule has 0 radical (unpaired) electrons. The minimum Gasteiger partial charge on any atom is -0.252 e. The van der Waals surface area contributed by atoms with E-state index in [2.05, 4.69) is 4.98 Å². The predicted octanol–water partition coefficient (Wildman–Crippen LogP) is 1.72. The highest BCUT2D eigenvalue weighted by Crippen LogP contribution is 2.19. The number of hydrogen-bond acceptors (Lipinski definition) is 4. The highest BCUT2D eigenvalue weighted by molar-refractivity contribution is 8.05. The molecular weight excluding hydrogens is 140 g/mol. The van der Waals surface area contributed by atoms with E-state index in [1.165, 1.54) is 11.3 Å². The smallest absolute Gasteiger partial charge is 0.139 e. The number of thiocyanates is 1. The maximum atomic E-state index is 8.13. The van der Waals surface area contributed by atoms with Crippen molar-refractivity contribution in [2.45, 2.75) is 4.21 Å². The molecule has 0 aliphatic rings. The Kier molecular flexibility index (Phi) is 1.89. The summed E-state index contributed by atoms with van der Waals surface area (Å²) in [6, 6.07) is 0. The zero-order valence-corrected chi connectivity index (χ0v) is 5.50. The molecule has 2 nitrogen and oxygen atoms in total. The molecule has 0 saturated carbocycles. The number of aromatic nitrogens is 1. The fraction of sp³-hybridized carbons (Fsp3) is 0. The molecule has 1 aromatic heterocycles. The fourth-order valence-electron chi connectivity index (χ4n) is 0.299. The molecule has 1 heterocycles. The number of hydrogen-bond donors (Lipinski definition) is 0. The standard InChI is InChI=1S/C4H2N2S2/c5-2-7-4-1-6-3-8-4/h1,3H. The van der Waals surface area contributed by atoms with Crippen molar-refractivity contribution in [3.05, 3.63) is 11.7 Å². The van der Waals surface area contributed by atoms with E-state index in [-0.39, 0.29) is 0 Å². The van der Waals surface area contributed by atoms with Crippen LogP contribution in [0, 0.1) is 10.7 Å². The summed E-state index contributed by atoms with van der Waals surface area (Å²) in [5, 5.41) is 10.1. The van der Waals surface area contributed by atoms with E-state index >= 15 is 0 Å². The highest BCUT2D eigenvalue weighted by Gasteiger charge is 1.89. The van der Waals surface area contributed by atoms with Gasteiger partial charge >= 0.3 is 0 Å². The third kappa shape index (κ3) is 1.22. The van der Waals surface area contributed by atoms with Crippen LogP contribution in [0.1, 0.15) is 0 Å². The Hall–Kier alpha value is -0.530. The molecule has 0 unspecified atom stereocenters. The molecule has 4 heteroatoms. The van der Waals surface area contributed by atoms with Gasteiger partial charge in [-0.1, -0.05) is 0 Å². The second-order valence-electron chi connectivity index (χ2n) is 1.01. The lowest BCUT2D eigenvalue weighted by Crippen LogP contribution is -1.50. The second-order valence-corrected chi connectivity index (χ2v) is 2.99. The average Bonchev–Trinajstić information content (AvgIpc) is 2.19. The number of nitriles is 1. The van der Waals surface area contributed by atoms with Crippen LogP contribution in [-0.2, 0) is 0 Å². The Labute approximate surface area is 55.2 Å². The molecule has 40 valence electrons. The third-order valence-electron chi connectivity index (χ3n) is 0.556. The van der Waals surface area contributed by atoms with Gasteiger partial charge in [0.05, 0.1) is 15.9 Å². The van der Waals surface area contributed by atoms with Crippen LogP contribution in [-0.4, -0.2) is 4.98 Å². The monoisotopic (exact) mass is 142 g/mol. The van der Waals surface area contributed by atoms with E-state index in [1.54, 1.807) is 11.7 Å². The quantitative estimate of drug-likeness (QED) is 0.442. The summed E-state index contributed by atoms with van der Waals surface area (Å²) >= 11 is 2.62. The molecule has 0 aromatic carbocycles. The van der Waals surface area contributed by atoms with Gasteiger partial charge in [0.1, 0.15) is 5.40 Å². The average molecular weight is 142 g/mol. The summed E-state index contributed by atoms with van der Waals surface area (Å²) in [7, 11) is 0. The van der Waals surface area contributed by atoms with Gasteiger partial charge in [-0.2, -0.15) is 5.26 Å². The normalized spacial score (nSPS) is 8.38. The van der Waals surface area contributed by atoms with Crippen LogP contribution in [0.4, 0.5) is 0 Å². The lowest BCUT2D eigenvalue weighted by molar-refractivity contribution is 1.38. The van der Waals surface area contributed by atoms with E-state index in [4.69, 9.17) is 5.26 Å². The number of thiazole rings is 1. The Bertz CT molecular complexity index is 186. The van der Waals surface area contributed by atoms with Crippen molar-refractivity contribution >= 4 is 23.1 Å². The molecule has 0 aliphatic heterocycles. The van der Waals surface area contributed by atoms with Gasteiger partial charge in [-0.15, -0.1) is 11.3 Å². The summed E-state index contributed by atoms with van der Waals surface area (Å²) in [5.74, 6) is 0. The first-order valence-electron chi connectivity index (χ1n) is 1.88. The van der Waals surface area contributed by atoms with Crippen LogP contribution in [0.25, 0.3) is 0 Å². The Balaban J connectivity index is 2.67. The maximum Gasteiger partial charge on any atom is 0.139 e. The first-order chi connectivity index (χ1) is 3.93. The van der Waals surface area contributed by atoms with Crippen molar-refractivity contribution in [1.82, 2.24) is 4.98 Å². The number of rotatable bonds is 1. The first kappa shape index (κ1) is 5.60. The SMILES string of the molecule is N#CSc1cncs1. The van der Waals surface area contributed by atoms with Gasteiger partial charge < -0.3 is 0 Å². The third-order valence-corrected chi connectivity index (χ3v) is 2.06. The first-order valence-corrected chi connectivity index (χ1v) is 3.57. The minimum absolute atomic E-state index is 0.951. The zero-order chi connectivity index (χ0) is 5.82. The topological polar surface area (TPSA) is 36.7 Å². The van der Waals surface area contributed by atoms with Gasteiger partial charge in [-0.05, 0) is 0 Å². The molecular formula is C4H2N2S2. The molecule has 1 aromatic rings. The molecule has 0 atom stereocenters. The Morgan fingerprint density at radius 1 is 1.88 bits per heavy atom. The summed E-state index contributed by atoms with van der Waals surface area (Å²) in [4.78, 5) is 3.79.